The number of nitrogens with two attached hydrogens (primary N) is 1. The Balaban J connectivity index is 1.97. The molecule has 5 N–H and O–H groups in total. The highest BCUT2D eigenvalue weighted by molar-refractivity contribution is 7.50. The minimum atomic E-state index is -4.17. The third-order valence-corrected chi connectivity index (χ3v) is 5.28. The minimum absolute atomic E-state index is 0.178. The topological polar surface area (TPSA) is 151 Å². The first-order valence-corrected chi connectivity index (χ1v) is 11.0. The summed E-state index contributed by atoms with van der Waals surface area (Å²) in [6.07, 6.45) is 1.67. The lowest BCUT2D eigenvalue weighted by molar-refractivity contribution is 0.371. The largest absolute Gasteiger partial charge is 0.480 e. The summed E-state index contributed by atoms with van der Waals surface area (Å²) < 4.78 is 12.8. The molecule has 0 aliphatic carbocycles. The second-order valence-electron chi connectivity index (χ2n) is 7.00. The first kappa shape index (κ1) is 21.0. The normalized spacial score (nSPS) is 11.9. The second kappa shape index (κ2) is 8.36. The maximum Gasteiger partial charge on any atom is 0.329 e. The quantitative estimate of drug-likeness (QED) is 0.401. The van der Waals surface area contributed by atoms with Crippen molar-refractivity contribution in [3.63, 3.8) is 0 Å². The van der Waals surface area contributed by atoms with E-state index in [9.17, 15) is 19.5 Å². The standard InChI is InChI=1S/C18H25N6O4P/c1-3-4-8-23(2)17-21-15(19)14-16(22-17)24(18(25)20-14)10-12-6-5-7-13(9-12)11-29(26,27)28/h5-7,9H,3-4,8,10-11H2,1-2H3,(H,20,25)(H2,19,21,22)(H2,26,27,28). The number of anilines is 2. The molecule has 0 aliphatic rings. The first-order chi connectivity index (χ1) is 13.7. The predicted octanol–water partition coefficient (Wildman–Crippen LogP) is 2.08. The molecule has 0 radical (unpaired) electrons. The number of hydrogen-bond acceptors (Lipinski definition) is 7. The summed E-state index contributed by atoms with van der Waals surface area (Å²) >= 11 is 0. The van der Waals surface area contributed by atoms with Crippen LogP contribution in [-0.4, -0.2) is 48.0 Å². The zero-order valence-electron chi connectivity index (χ0n) is 16.4. The average Bonchev–Trinajstić information content (AvgIpc) is 2.95. The SMILES string of the molecule is CCCCN(C)c1nc(N)c2nc(O)n(Cc3cccc(CP(=O)(O)O)c3)c2n1. The van der Waals surface area contributed by atoms with E-state index in [0.29, 0.717) is 22.7 Å². The van der Waals surface area contributed by atoms with Crippen molar-refractivity contribution in [2.45, 2.75) is 32.5 Å². The number of rotatable bonds is 8. The molecule has 11 heteroatoms. The van der Waals surface area contributed by atoms with Gasteiger partial charge < -0.3 is 25.5 Å². The van der Waals surface area contributed by atoms with E-state index in [-0.39, 0.29) is 24.5 Å². The van der Waals surface area contributed by atoms with Gasteiger partial charge in [-0.2, -0.15) is 15.0 Å². The predicted molar refractivity (Wildman–Crippen MR) is 111 cm³/mol. The summed E-state index contributed by atoms with van der Waals surface area (Å²) in [6.45, 7) is 3.08. The monoisotopic (exact) mass is 420 g/mol. The molecule has 0 aliphatic heterocycles. The highest BCUT2D eigenvalue weighted by atomic mass is 31.2. The van der Waals surface area contributed by atoms with Gasteiger partial charge in [0, 0.05) is 13.6 Å². The fraction of sp³-hybridized carbons (Fsp3) is 0.389. The van der Waals surface area contributed by atoms with Gasteiger partial charge in [-0.05, 0) is 17.5 Å². The van der Waals surface area contributed by atoms with Crippen LogP contribution in [0.5, 0.6) is 6.01 Å². The summed E-state index contributed by atoms with van der Waals surface area (Å²) in [5.74, 6) is 0.623. The number of unbranched alkanes of at least 4 members (excludes halogenated alkanes) is 1. The van der Waals surface area contributed by atoms with Gasteiger partial charge in [0.1, 0.15) is 0 Å². The van der Waals surface area contributed by atoms with Crippen LogP contribution in [0.15, 0.2) is 24.3 Å². The fourth-order valence-corrected chi connectivity index (χ4v) is 3.73. The molecule has 0 amide bonds. The Morgan fingerprint density at radius 1 is 1.21 bits per heavy atom. The summed E-state index contributed by atoms with van der Waals surface area (Å²) in [7, 11) is -2.29. The molecule has 0 unspecified atom stereocenters. The molecule has 0 saturated carbocycles. The third kappa shape index (κ3) is 5.03. The second-order valence-corrected chi connectivity index (χ2v) is 8.64. The van der Waals surface area contributed by atoms with E-state index in [1.807, 2.05) is 11.9 Å². The molecular formula is C18H25N6O4P. The zero-order chi connectivity index (χ0) is 21.2. The van der Waals surface area contributed by atoms with Crippen LogP contribution in [0.3, 0.4) is 0 Å². The molecule has 0 bridgehead atoms. The average molecular weight is 420 g/mol. The molecule has 0 saturated heterocycles. The molecule has 3 aromatic rings. The Bertz CT molecular complexity index is 1060. The van der Waals surface area contributed by atoms with E-state index in [2.05, 4.69) is 21.9 Å². The number of imidazole rings is 1. The van der Waals surface area contributed by atoms with Gasteiger partial charge in [-0.25, -0.2) is 0 Å². The van der Waals surface area contributed by atoms with Gasteiger partial charge >= 0.3 is 7.60 Å². The third-order valence-electron chi connectivity index (χ3n) is 4.50. The Morgan fingerprint density at radius 2 is 1.93 bits per heavy atom. The lowest BCUT2D eigenvalue weighted by atomic mass is 10.1. The van der Waals surface area contributed by atoms with Crippen molar-refractivity contribution in [2.24, 2.45) is 0 Å². The smallest absolute Gasteiger partial charge is 0.329 e. The van der Waals surface area contributed by atoms with E-state index >= 15 is 0 Å². The van der Waals surface area contributed by atoms with E-state index in [0.717, 1.165) is 24.9 Å². The molecule has 10 nitrogen and oxygen atoms in total. The molecular weight excluding hydrogens is 395 g/mol. The first-order valence-electron chi connectivity index (χ1n) is 9.24. The van der Waals surface area contributed by atoms with Crippen LogP contribution in [0.1, 0.15) is 30.9 Å². The van der Waals surface area contributed by atoms with Crippen LogP contribution in [0.2, 0.25) is 0 Å². The number of aromatic hydroxyl groups is 1. The van der Waals surface area contributed by atoms with Gasteiger partial charge in [0.25, 0.3) is 6.01 Å². The Kier molecular flexibility index (Phi) is 6.07. The van der Waals surface area contributed by atoms with Crippen LogP contribution < -0.4 is 10.6 Å². The van der Waals surface area contributed by atoms with Crippen LogP contribution in [0, 0.1) is 0 Å². The van der Waals surface area contributed by atoms with Crippen molar-refractivity contribution in [1.82, 2.24) is 19.5 Å². The molecule has 0 spiro atoms. The van der Waals surface area contributed by atoms with Gasteiger partial charge in [-0.15, -0.1) is 0 Å². The number of fused-ring (bicyclic) bond motifs is 1. The number of hydrogen-bond donors (Lipinski definition) is 4. The lowest BCUT2D eigenvalue weighted by Crippen LogP contribution is -2.21. The van der Waals surface area contributed by atoms with Crippen LogP contribution >= 0.6 is 7.60 Å². The van der Waals surface area contributed by atoms with Gasteiger partial charge in [0.05, 0.1) is 12.7 Å². The number of nitrogens with zero attached hydrogens (tertiary/aromatic N) is 5. The van der Waals surface area contributed by atoms with Gasteiger partial charge in [0.15, 0.2) is 17.0 Å². The lowest BCUT2D eigenvalue weighted by Gasteiger charge is -2.17. The minimum Gasteiger partial charge on any atom is -0.480 e. The van der Waals surface area contributed by atoms with E-state index < -0.39 is 7.60 Å². The fourth-order valence-electron chi connectivity index (χ4n) is 3.06. The van der Waals surface area contributed by atoms with Crippen molar-refractivity contribution < 1.29 is 19.5 Å². The van der Waals surface area contributed by atoms with Crippen molar-refractivity contribution in [3.8, 4) is 6.01 Å². The summed E-state index contributed by atoms with van der Waals surface area (Å²) in [4.78, 5) is 33.2. The van der Waals surface area contributed by atoms with E-state index in [1.54, 1.807) is 24.3 Å². The maximum absolute atomic E-state index is 11.3. The van der Waals surface area contributed by atoms with Gasteiger partial charge in [0.2, 0.25) is 5.95 Å². The Labute approximate surface area is 168 Å². The van der Waals surface area contributed by atoms with E-state index in [1.165, 1.54) is 4.57 Å². The van der Waals surface area contributed by atoms with Crippen molar-refractivity contribution in [1.29, 1.82) is 0 Å². The molecule has 156 valence electrons. The Hall–Kier alpha value is -2.68. The van der Waals surface area contributed by atoms with Gasteiger partial charge in [-0.3, -0.25) is 9.13 Å². The molecule has 29 heavy (non-hydrogen) atoms. The van der Waals surface area contributed by atoms with Crippen molar-refractivity contribution in [2.75, 3.05) is 24.2 Å². The van der Waals surface area contributed by atoms with Gasteiger partial charge in [-0.1, -0.05) is 37.6 Å². The van der Waals surface area contributed by atoms with Crippen molar-refractivity contribution in [3.05, 3.63) is 35.4 Å². The summed E-state index contributed by atoms with van der Waals surface area (Å²) in [6, 6.07) is 6.59. The molecule has 1 aromatic carbocycles. The van der Waals surface area contributed by atoms with E-state index in [4.69, 9.17) is 5.73 Å². The summed E-state index contributed by atoms with van der Waals surface area (Å²) in [5, 5.41) is 10.3. The highest BCUT2D eigenvalue weighted by Crippen LogP contribution is 2.39. The highest BCUT2D eigenvalue weighted by Gasteiger charge is 2.19. The van der Waals surface area contributed by atoms with Crippen LogP contribution in [0.4, 0.5) is 11.8 Å². The van der Waals surface area contributed by atoms with Crippen LogP contribution in [-0.2, 0) is 17.3 Å². The number of nitrogen functional groups attached to an aromatic ring is 1. The Morgan fingerprint density at radius 3 is 2.62 bits per heavy atom. The zero-order valence-corrected chi connectivity index (χ0v) is 17.2. The molecule has 3 rings (SSSR count). The molecule has 0 fully saturated rings. The molecule has 0 atom stereocenters. The molecule has 2 aromatic heterocycles. The van der Waals surface area contributed by atoms with Crippen LogP contribution in [0.25, 0.3) is 11.2 Å². The summed E-state index contributed by atoms with van der Waals surface area (Å²) in [5.41, 5.74) is 7.99. The number of aromatic nitrogens is 4. The maximum atomic E-state index is 11.3. The number of benzene rings is 1. The van der Waals surface area contributed by atoms with Crippen molar-refractivity contribution >= 4 is 30.5 Å². The molecule has 2 heterocycles.